The molecular formula is C21H22BrP. The van der Waals surface area contributed by atoms with Crippen LogP contribution in [0, 0.1) is 19.8 Å². The first-order valence-electron chi connectivity index (χ1n) is 8.03. The Morgan fingerprint density at radius 1 is 0.870 bits per heavy atom. The SMILES string of the molecule is Cc1ccc(P(c2ccc(C)cc2)C(C)C2C=CC=C2Br)cc1. The Labute approximate surface area is 149 Å². The van der Waals surface area contributed by atoms with Crippen molar-refractivity contribution < 1.29 is 0 Å². The molecule has 0 fully saturated rings. The second-order valence-electron chi connectivity index (χ2n) is 6.24. The van der Waals surface area contributed by atoms with Crippen molar-refractivity contribution in [1.82, 2.24) is 0 Å². The summed E-state index contributed by atoms with van der Waals surface area (Å²) in [4.78, 5) is 0. The van der Waals surface area contributed by atoms with Crippen molar-refractivity contribution in [2.75, 3.05) is 0 Å². The van der Waals surface area contributed by atoms with E-state index >= 15 is 0 Å². The van der Waals surface area contributed by atoms with Crippen LogP contribution in [0.15, 0.2) is 71.2 Å². The first-order valence-corrected chi connectivity index (χ1v) is 10.2. The van der Waals surface area contributed by atoms with E-state index in [-0.39, 0.29) is 0 Å². The zero-order valence-corrected chi connectivity index (χ0v) is 16.3. The van der Waals surface area contributed by atoms with Gasteiger partial charge in [0.25, 0.3) is 0 Å². The quantitative estimate of drug-likeness (QED) is 0.602. The van der Waals surface area contributed by atoms with Crippen LogP contribution in [-0.4, -0.2) is 5.66 Å². The molecule has 0 saturated heterocycles. The lowest BCUT2D eigenvalue weighted by Crippen LogP contribution is -2.24. The number of hydrogen-bond donors (Lipinski definition) is 0. The monoisotopic (exact) mass is 384 g/mol. The van der Waals surface area contributed by atoms with Gasteiger partial charge in [-0.05, 0) is 38.0 Å². The van der Waals surface area contributed by atoms with Gasteiger partial charge in [0.15, 0.2) is 0 Å². The van der Waals surface area contributed by atoms with Crippen molar-refractivity contribution in [1.29, 1.82) is 0 Å². The number of halogens is 1. The maximum Gasteiger partial charge on any atom is 0.0158 e. The highest BCUT2D eigenvalue weighted by atomic mass is 79.9. The standard InChI is InChI=1S/C21H22BrP/c1-15-7-11-18(12-8-15)23(19-13-9-16(2)10-14-19)17(3)20-5-4-6-21(20)22/h4-14,17,20H,1-3H3. The van der Waals surface area contributed by atoms with Crippen molar-refractivity contribution in [2.24, 2.45) is 5.92 Å². The van der Waals surface area contributed by atoms with Gasteiger partial charge in [-0.15, -0.1) is 0 Å². The van der Waals surface area contributed by atoms with Crippen LogP contribution in [0.25, 0.3) is 0 Å². The summed E-state index contributed by atoms with van der Waals surface area (Å²) in [6.45, 7) is 6.70. The smallest absolute Gasteiger partial charge is 0.0158 e. The molecule has 0 saturated carbocycles. The van der Waals surface area contributed by atoms with E-state index in [2.05, 4.69) is 103 Å². The average molecular weight is 385 g/mol. The second kappa shape index (κ2) is 7.16. The van der Waals surface area contributed by atoms with E-state index in [4.69, 9.17) is 0 Å². The summed E-state index contributed by atoms with van der Waals surface area (Å²) in [5.41, 5.74) is 3.20. The first kappa shape index (κ1) is 16.7. The van der Waals surface area contributed by atoms with E-state index in [9.17, 15) is 0 Å². The van der Waals surface area contributed by atoms with Crippen LogP contribution in [0.4, 0.5) is 0 Å². The fraction of sp³-hybridized carbons (Fsp3) is 0.238. The van der Waals surface area contributed by atoms with Crippen molar-refractivity contribution in [2.45, 2.75) is 26.4 Å². The highest BCUT2D eigenvalue weighted by Gasteiger charge is 2.29. The molecule has 0 aromatic heterocycles. The van der Waals surface area contributed by atoms with Crippen LogP contribution in [0.5, 0.6) is 0 Å². The third kappa shape index (κ3) is 3.67. The van der Waals surface area contributed by atoms with Crippen LogP contribution < -0.4 is 10.6 Å². The van der Waals surface area contributed by atoms with Gasteiger partial charge in [-0.25, -0.2) is 0 Å². The van der Waals surface area contributed by atoms with Crippen LogP contribution in [-0.2, 0) is 0 Å². The molecule has 0 nitrogen and oxygen atoms in total. The zero-order chi connectivity index (χ0) is 16.4. The van der Waals surface area contributed by atoms with Gasteiger partial charge in [0.2, 0.25) is 0 Å². The highest BCUT2D eigenvalue weighted by molar-refractivity contribution is 9.11. The van der Waals surface area contributed by atoms with Crippen LogP contribution in [0.1, 0.15) is 18.1 Å². The molecule has 0 bridgehead atoms. The van der Waals surface area contributed by atoms with E-state index in [1.165, 1.54) is 26.2 Å². The van der Waals surface area contributed by atoms with E-state index in [1.807, 2.05) is 0 Å². The predicted molar refractivity (Wildman–Crippen MR) is 108 cm³/mol. The lowest BCUT2D eigenvalue weighted by molar-refractivity contribution is 0.790. The van der Waals surface area contributed by atoms with Crippen LogP contribution in [0.3, 0.4) is 0 Å². The molecule has 2 aromatic carbocycles. The van der Waals surface area contributed by atoms with Gasteiger partial charge < -0.3 is 0 Å². The zero-order valence-electron chi connectivity index (χ0n) is 13.8. The first-order chi connectivity index (χ1) is 11.1. The van der Waals surface area contributed by atoms with Crippen molar-refractivity contribution in [3.8, 4) is 0 Å². The van der Waals surface area contributed by atoms with E-state index in [0.29, 0.717) is 11.6 Å². The minimum Gasteiger partial charge on any atom is -0.0758 e. The summed E-state index contributed by atoms with van der Waals surface area (Å²) in [6.07, 6.45) is 6.68. The summed E-state index contributed by atoms with van der Waals surface area (Å²) < 4.78 is 1.30. The maximum atomic E-state index is 3.75. The third-order valence-corrected chi connectivity index (χ3v) is 8.08. The lowest BCUT2D eigenvalue weighted by atomic mass is 10.1. The normalized spacial score (nSPS) is 18.3. The fourth-order valence-electron chi connectivity index (χ4n) is 3.05. The highest BCUT2D eigenvalue weighted by Crippen LogP contribution is 2.47. The fourth-order valence-corrected chi connectivity index (χ4v) is 6.72. The number of hydrogen-bond acceptors (Lipinski definition) is 0. The van der Waals surface area contributed by atoms with Crippen LogP contribution in [0.2, 0.25) is 0 Å². The second-order valence-corrected chi connectivity index (χ2v) is 9.75. The molecule has 3 rings (SSSR count). The maximum absolute atomic E-state index is 3.75. The minimum absolute atomic E-state index is 0.397. The molecule has 0 aliphatic heterocycles. The summed E-state index contributed by atoms with van der Waals surface area (Å²) in [5, 5.41) is 2.92. The number of benzene rings is 2. The number of aryl methyl sites for hydroxylation is 2. The van der Waals surface area contributed by atoms with Gasteiger partial charge in [-0.1, -0.05) is 101 Å². The molecule has 0 heterocycles. The third-order valence-electron chi connectivity index (χ3n) is 4.44. The van der Waals surface area contributed by atoms with Gasteiger partial charge in [-0.2, -0.15) is 0 Å². The number of rotatable bonds is 4. The van der Waals surface area contributed by atoms with Gasteiger partial charge in [0.05, 0.1) is 0 Å². The van der Waals surface area contributed by atoms with Gasteiger partial charge >= 0.3 is 0 Å². The molecule has 2 aromatic rings. The Morgan fingerprint density at radius 2 is 1.35 bits per heavy atom. The van der Waals surface area contributed by atoms with E-state index in [1.54, 1.807) is 0 Å². The predicted octanol–water partition coefficient (Wildman–Crippen LogP) is 5.59. The van der Waals surface area contributed by atoms with Crippen molar-refractivity contribution >= 4 is 34.5 Å². The van der Waals surface area contributed by atoms with Crippen molar-refractivity contribution in [3.63, 3.8) is 0 Å². The van der Waals surface area contributed by atoms with Crippen molar-refractivity contribution in [3.05, 3.63) is 82.4 Å². The Kier molecular flexibility index (Phi) is 5.19. The Bertz CT molecular complexity index is 680. The largest absolute Gasteiger partial charge is 0.0758 e. The molecular weight excluding hydrogens is 363 g/mol. The molecule has 0 amide bonds. The van der Waals surface area contributed by atoms with Gasteiger partial charge in [0.1, 0.15) is 0 Å². The average Bonchev–Trinajstić information content (AvgIpc) is 2.97. The number of allylic oxidation sites excluding steroid dienone is 4. The van der Waals surface area contributed by atoms with E-state index in [0.717, 1.165) is 0 Å². The molecule has 2 heteroatoms. The summed E-state index contributed by atoms with van der Waals surface area (Å²) in [6, 6.07) is 18.2. The summed E-state index contributed by atoms with van der Waals surface area (Å²) >= 11 is 3.75. The molecule has 0 radical (unpaired) electrons. The molecule has 0 N–H and O–H groups in total. The van der Waals surface area contributed by atoms with E-state index < -0.39 is 7.92 Å². The Morgan fingerprint density at radius 3 is 1.74 bits per heavy atom. The minimum atomic E-state index is -0.397. The molecule has 1 aliphatic carbocycles. The lowest BCUT2D eigenvalue weighted by Gasteiger charge is -2.30. The molecule has 2 atom stereocenters. The Balaban J connectivity index is 2.02. The van der Waals surface area contributed by atoms with Gasteiger partial charge in [-0.3, -0.25) is 0 Å². The topological polar surface area (TPSA) is 0 Å². The Hall–Kier alpha value is -1.17. The molecule has 2 unspecified atom stereocenters. The molecule has 23 heavy (non-hydrogen) atoms. The summed E-state index contributed by atoms with van der Waals surface area (Å²) in [7, 11) is -0.397. The summed E-state index contributed by atoms with van der Waals surface area (Å²) in [5.74, 6) is 0.476. The molecule has 1 aliphatic rings. The van der Waals surface area contributed by atoms with Gasteiger partial charge in [0, 0.05) is 10.4 Å². The molecule has 118 valence electrons. The molecule has 0 spiro atoms. The van der Waals surface area contributed by atoms with Crippen LogP contribution >= 0.6 is 23.9 Å².